The first kappa shape index (κ1) is 22.9. The van der Waals surface area contributed by atoms with Gasteiger partial charge < -0.3 is 14.2 Å². The number of amides is 1. The van der Waals surface area contributed by atoms with Crippen LogP contribution in [-0.4, -0.2) is 45.3 Å². The van der Waals surface area contributed by atoms with Crippen LogP contribution >= 0.6 is 23.1 Å². The maximum absolute atomic E-state index is 13.5. The van der Waals surface area contributed by atoms with E-state index in [1.807, 2.05) is 33.9 Å². The van der Waals surface area contributed by atoms with Gasteiger partial charge in [0.25, 0.3) is 5.91 Å². The fourth-order valence-electron chi connectivity index (χ4n) is 3.91. The molecule has 7 heteroatoms. The molecular weight excluding hydrogens is 438 g/mol. The van der Waals surface area contributed by atoms with E-state index in [0.717, 1.165) is 45.4 Å². The lowest BCUT2D eigenvalue weighted by Gasteiger charge is -2.32. The minimum Gasteiger partial charge on any atom is -0.496 e. The van der Waals surface area contributed by atoms with Crippen molar-refractivity contribution in [2.45, 2.75) is 63.3 Å². The number of thiophene rings is 1. The Morgan fingerprint density at radius 1 is 1.31 bits per heavy atom. The van der Waals surface area contributed by atoms with Gasteiger partial charge in [0.1, 0.15) is 11.4 Å². The van der Waals surface area contributed by atoms with Crippen LogP contribution in [0.4, 0.5) is 0 Å². The molecule has 0 fully saturated rings. The Labute approximate surface area is 198 Å². The summed E-state index contributed by atoms with van der Waals surface area (Å²) in [6.45, 7) is 11.2. The Morgan fingerprint density at radius 3 is 2.66 bits per heavy atom. The molecule has 5 nitrogen and oxygen atoms in total. The van der Waals surface area contributed by atoms with Crippen LogP contribution in [-0.2, 0) is 13.0 Å². The predicted octanol–water partition coefficient (Wildman–Crippen LogP) is 6.21. The normalized spacial score (nSPS) is 13.1. The van der Waals surface area contributed by atoms with E-state index in [4.69, 9.17) is 9.72 Å². The lowest BCUT2D eigenvalue weighted by atomic mass is 9.96. The highest BCUT2D eigenvalue weighted by Crippen LogP contribution is 2.44. The Balaban J connectivity index is 1.94. The number of carbonyl (C=O) groups excluding carboxylic acids is 1. The fourth-order valence-corrected chi connectivity index (χ4v) is 5.58. The molecule has 0 aliphatic carbocycles. The fraction of sp³-hybridized carbons (Fsp3) is 0.440. The van der Waals surface area contributed by atoms with Crippen molar-refractivity contribution in [3.63, 3.8) is 0 Å². The molecule has 1 aliphatic rings. The van der Waals surface area contributed by atoms with Crippen molar-refractivity contribution >= 4 is 29.0 Å². The number of imidazole rings is 1. The summed E-state index contributed by atoms with van der Waals surface area (Å²) < 4.78 is 7.84. The number of fused-ring (bicyclic) bond motifs is 3. The quantitative estimate of drug-likeness (QED) is 0.417. The number of thioether (sulfide) groups is 1. The monoisotopic (exact) mass is 469 g/mol. The third-order valence-electron chi connectivity index (χ3n) is 5.84. The molecular formula is C25H31N3O2S2. The maximum Gasteiger partial charge on any atom is 0.290 e. The topological polar surface area (TPSA) is 47.4 Å². The van der Waals surface area contributed by atoms with Gasteiger partial charge in [0, 0.05) is 29.9 Å². The lowest BCUT2D eigenvalue weighted by molar-refractivity contribution is 0.0638. The second kappa shape index (κ2) is 8.60. The van der Waals surface area contributed by atoms with Crippen LogP contribution in [0, 0.1) is 0 Å². The third kappa shape index (κ3) is 4.08. The van der Waals surface area contributed by atoms with Gasteiger partial charge in [-0.25, -0.2) is 4.98 Å². The molecule has 32 heavy (non-hydrogen) atoms. The van der Waals surface area contributed by atoms with Crippen LogP contribution in [0.25, 0.3) is 21.8 Å². The summed E-state index contributed by atoms with van der Waals surface area (Å²) in [5.41, 5.74) is 4.02. The van der Waals surface area contributed by atoms with Crippen molar-refractivity contribution in [1.82, 2.24) is 14.5 Å². The van der Waals surface area contributed by atoms with Gasteiger partial charge in [-0.05, 0) is 56.3 Å². The largest absolute Gasteiger partial charge is 0.496 e. The highest BCUT2D eigenvalue weighted by molar-refractivity contribution is 8.00. The van der Waals surface area contributed by atoms with Crippen LogP contribution in [0.15, 0.2) is 34.5 Å². The molecule has 0 atom stereocenters. The van der Waals surface area contributed by atoms with Gasteiger partial charge in [0.05, 0.1) is 22.6 Å². The highest BCUT2D eigenvalue weighted by Gasteiger charge is 2.33. The average Bonchev–Trinajstić information content (AvgIpc) is 3.38. The summed E-state index contributed by atoms with van der Waals surface area (Å²) in [4.78, 5) is 22.4. The van der Waals surface area contributed by atoms with Crippen LogP contribution in [0.5, 0.6) is 5.75 Å². The molecule has 1 aliphatic heterocycles. The maximum atomic E-state index is 13.5. The minimum absolute atomic E-state index is 0.0460. The number of ether oxygens (including phenoxy) is 1. The number of aryl methyl sites for hydroxylation is 1. The smallest absolute Gasteiger partial charge is 0.290 e. The number of hydrogen-bond donors (Lipinski definition) is 0. The number of carbonyl (C=O) groups is 1. The molecule has 0 unspecified atom stereocenters. The van der Waals surface area contributed by atoms with E-state index in [2.05, 4.69) is 42.0 Å². The molecule has 1 amide bonds. The predicted molar refractivity (Wildman–Crippen MR) is 134 cm³/mol. The number of hydrogen-bond acceptors (Lipinski definition) is 5. The van der Waals surface area contributed by atoms with Crippen molar-refractivity contribution in [2.24, 2.45) is 0 Å². The van der Waals surface area contributed by atoms with Crippen LogP contribution < -0.4 is 4.74 Å². The van der Waals surface area contributed by atoms with Gasteiger partial charge >= 0.3 is 0 Å². The summed E-state index contributed by atoms with van der Waals surface area (Å²) in [6.07, 6.45) is 0.838. The van der Waals surface area contributed by atoms with Gasteiger partial charge in [-0.2, -0.15) is 0 Å². The van der Waals surface area contributed by atoms with E-state index in [0.29, 0.717) is 11.1 Å². The Kier molecular flexibility index (Phi) is 6.16. The van der Waals surface area contributed by atoms with E-state index in [-0.39, 0.29) is 11.4 Å². The van der Waals surface area contributed by atoms with Crippen molar-refractivity contribution in [3.8, 4) is 27.6 Å². The molecule has 4 rings (SSSR count). The SMILES string of the molecule is COc1cc2c(cc1SC(C)C)-c1c(-c3cccs3)nc(C(=O)N(C)C(C)(C)C)n1CC2. The number of methoxy groups -OCH3 is 1. The first-order chi connectivity index (χ1) is 15.1. The standard InChI is InChI=1S/C25H31N3O2S2/c1-15(2)32-20-14-17-16(13-18(20)30-7)10-11-28-22(17)21(19-9-8-12-31-19)26-23(28)24(29)27(6)25(3,4)5/h8-9,12-15H,10-11H2,1-7H3. The molecule has 3 heterocycles. The molecule has 0 bridgehead atoms. The van der Waals surface area contributed by atoms with E-state index in [1.165, 1.54) is 5.56 Å². The zero-order valence-electron chi connectivity index (χ0n) is 19.9. The van der Waals surface area contributed by atoms with E-state index >= 15 is 0 Å². The minimum atomic E-state index is -0.284. The molecule has 0 radical (unpaired) electrons. The van der Waals surface area contributed by atoms with Gasteiger partial charge in [-0.3, -0.25) is 4.79 Å². The van der Waals surface area contributed by atoms with Crippen LogP contribution in [0.2, 0.25) is 0 Å². The zero-order valence-corrected chi connectivity index (χ0v) is 21.5. The zero-order chi connectivity index (χ0) is 23.2. The van der Waals surface area contributed by atoms with Gasteiger partial charge in [0.15, 0.2) is 5.82 Å². The molecule has 0 saturated heterocycles. The summed E-state index contributed by atoms with van der Waals surface area (Å²) in [6, 6.07) is 8.51. The second-order valence-corrected chi connectivity index (χ2v) is 11.9. The highest BCUT2D eigenvalue weighted by atomic mass is 32.2. The first-order valence-electron chi connectivity index (χ1n) is 10.9. The second-order valence-electron chi connectivity index (χ2n) is 9.37. The molecule has 0 spiro atoms. The average molecular weight is 470 g/mol. The van der Waals surface area contributed by atoms with Crippen LogP contribution in [0.1, 0.15) is 50.8 Å². The lowest BCUT2D eigenvalue weighted by Crippen LogP contribution is -2.43. The van der Waals surface area contributed by atoms with E-state index < -0.39 is 0 Å². The van der Waals surface area contributed by atoms with E-state index in [9.17, 15) is 4.79 Å². The molecule has 0 N–H and O–H groups in total. The van der Waals surface area contributed by atoms with Crippen molar-refractivity contribution in [3.05, 3.63) is 41.0 Å². The Morgan fingerprint density at radius 2 is 2.06 bits per heavy atom. The summed E-state index contributed by atoms with van der Waals surface area (Å²) in [5.74, 6) is 1.38. The van der Waals surface area contributed by atoms with Crippen molar-refractivity contribution in [1.29, 1.82) is 0 Å². The molecule has 3 aromatic rings. The summed E-state index contributed by atoms with van der Waals surface area (Å²) >= 11 is 3.45. The number of benzene rings is 1. The van der Waals surface area contributed by atoms with Gasteiger partial charge in [-0.15, -0.1) is 23.1 Å². The molecule has 1 aromatic carbocycles. The van der Waals surface area contributed by atoms with Gasteiger partial charge in [-0.1, -0.05) is 19.9 Å². The molecule has 0 saturated carbocycles. The Hall–Kier alpha value is -2.25. The Bertz CT molecular complexity index is 1140. The van der Waals surface area contributed by atoms with Gasteiger partial charge in [0.2, 0.25) is 0 Å². The van der Waals surface area contributed by atoms with Crippen molar-refractivity contribution < 1.29 is 9.53 Å². The van der Waals surface area contributed by atoms with Crippen molar-refractivity contribution in [2.75, 3.05) is 14.2 Å². The first-order valence-corrected chi connectivity index (χ1v) is 12.7. The summed E-state index contributed by atoms with van der Waals surface area (Å²) in [5, 5.41) is 2.49. The summed E-state index contributed by atoms with van der Waals surface area (Å²) in [7, 11) is 3.59. The number of nitrogens with zero attached hydrogens (tertiary/aromatic N) is 3. The third-order valence-corrected chi connectivity index (χ3v) is 7.76. The number of aromatic nitrogens is 2. The number of rotatable bonds is 5. The van der Waals surface area contributed by atoms with E-state index in [1.54, 1.807) is 35.1 Å². The van der Waals surface area contributed by atoms with Crippen LogP contribution in [0.3, 0.4) is 0 Å². The molecule has 170 valence electrons. The molecule has 2 aromatic heterocycles.